The van der Waals surface area contributed by atoms with Crippen LogP contribution in [0, 0.1) is 0 Å². The number of nitrogens with zero attached hydrogens (tertiary/aromatic N) is 4. The second-order valence-electron chi connectivity index (χ2n) is 19.3. The Balaban J connectivity index is 0.949. The van der Waals surface area contributed by atoms with Crippen LogP contribution in [0.25, 0.3) is 110 Å². The summed E-state index contributed by atoms with van der Waals surface area (Å²) < 4.78 is 26.2. The van der Waals surface area contributed by atoms with E-state index in [1.54, 1.807) is 0 Å². The van der Waals surface area contributed by atoms with Gasteiger partial charge < -0.3 is 23.6 Å². The minimum atomic E-state index is -3.42. The molecule has 0 fully saturated rings. The monoisotopic (exact) mass is 953 g/mol. The highest BCUT2D eigenvalue weighted by Crippen LogP contribution is 2.51. The Kier molecular flexibility index (Phi) is 8.31. The molecule has 7 heteroatoms. The fraction of sp³-hybridized carbons (Fsp3) is 0. The maximum atomic E-state index is 16.6. The number of rotatable bonds is 5. The van der Waals surface area contributed by atoms with Crippen molar-refractivity contribution >= 4 is 109 Å². The summed E-state index contributed by atoms with van der Waals surface area (Å²) in [5.74, 6) is 0. The van der Waals surface area contributed by atoms with Gasteiger partial charge in [0.2, 0.25) is 0 Å². The molecule has 0 radical (unpaired) electrons. The molecule has 0 saturated carbocycles. The number of nitrogens with one attached hydrogen (secondary N) is 1. The summed E-state index contributed by atoms with van der Waals surface area (Å²) in [5.41, 5.74) is 15.0. The van der Waals surface area contributed by atoms with Gasteiger partial charge in [-0.05, 0) is 119 Å². The van der Waals surface area contributed by atoms with Gasteiger partial charge in [-0.1, -0.05) is 140 Å². The molecule has 73 heavy (non-hydrogen) atoms. The fourth-order valence-corrected chi connectivity index (χ4v) is 15.4. The summed E-state index contributed by atoms with van der Waals surface area (Å²) in [5, 5.41) is 13.4. The molecule has 1 aliphatic rings. The zero-order chi connectivity index (χ0) is 47.9. The highest BCUT2D eigenvalue weighted by atomic mass is 32.2. The summed E-state index contributed by atoms with van der Waals surface area (Å²) in [4.78, 5) is 2.39. The summed E-state index contributed by atoms with van der Waals surface area (Å²) in [6, 6.07) is 88.4. The van der Waals surface area contributed by atoms with E-state index in [1.807, 2.05) is 30.3 Å². The van der Waals surface area contributed by atoms with Gasteiger partial charge in [-0.25, -0.2) is 0 Å². The third-order valence-corrected chi connectivity index (χ3v) is 18.7. The molecule has 1 N–H and O–H groups in total. The number of hydrogen-bond acceptors (Lipinski definition) is 2. The first-order valence-electron chi connectivity index (χ1n) is 24.9. The van der Waals surface area contributed by atoms with Crippen molar-refractivity contribution in [1.82, 2.24) is 18.3 Å². The topological polar surface area (TPSA) is 48.8 Å². The predicted molar refractivity (Wildman–Crippen MR) is 304 cm³/mol. The number of para-hydroxylation sites is 6. The lowest BCUT2D eigenvalue weighted by molar-refractivity contribution is 0.669. The normalized spacial score (nSPS) is 13.6. The Labute approximate surface area is 420 Å². The molecule has 0 aliphatic carbocycles. The zero-order valence-electron chi connectivity index (χ0n) is 39.3. The van der Waals surface area contributed by atoms with Crippen LogP contribution in [0.4, 0.5) is 11.4 Å². The molecule has 0 amide bonds. The van der Waals surface area contributed by atoms with Crippen LogP contribution in [0.3, 0.4) is 0 Å². The SMILES string of the molecule is O=[SH]1(c2ccccc2)c2ccc(-n3c4ccccc4c4ccc5c(c6ccccc6n5-c5ccccc5)c43)cc2Nc2cc(-n3c4ccccc4c4ccc5c(c6ccccc6n5-c5ccccc5)c43)ccc21. The summed E-state index contributed by atoms with van der Waals surface area (Å²) in [6.45, 7) is 0. The van der Waals surface area contributed by atoms with E-state index < -0.39 is 9.93 Å². The van der Waals surface area contributed by atoms with E-state index in [1.165, 1.54) is 43.1 Å². The van der Waals surface area contributed by atoms with Crippen LogP contribution in [0.15, 0.2) is 263 Å². The summed E-state index contributed by atoms with van der Waals surface area (Å²) in [6.07, 6.45) is 0. The van der Waals surface area contributed by atoms with Gasteiger partial charge in [0.05, 0.1) is 55.5 Å². The first kappa shape index (κ1) is 40.3. The van der Waals surface area contributed by atoms with E-state index in [2.05, 4.69) is 242 Å². The van der Waals surface area contributed by atoms with Crippen LogP contribution < -0.4 is 5.32 Å². The Morgan fingerprint density at radius 1 is 0.288 bits per heavy atom. The highest BCUT2D eigenvalue weighted by molar-refractivity contribution is 8.03. The molecule has 0 unspecified atom stereocenters. The van der Waals surface area contributed by atoms with Gasteiger partial charge in [0.15, 0.2) is 0 Å². The van der Waals surface area contributed by atoms with Crippen LogP contribution in [-0.4, -0.2) is 22.5 Å². The molecular weight excluding hydrogens is 911 g/mol. The van der Waals surface area contributed by atoms with Crippen molar-refractivity contribution in [3.63, 3.8) is 0 Å². The standard InChI is InChI=1S/C66H43N5OS/c72-73(46-22-8-3-9-23-46)61-38-32-44(70-55-28-14-10-24-47(55)49-34-36-59-63(65(49)70)51-26-12-16-30-57(51)68(59)42-18-4-1-5-19-42)40-53(61)67-54-41-45(33-39-62(54)73)71-56-29-15-11-25-48(56)50-35-37-60-64(66(50)71)52-27-13-17-31-58(52)69(60)43-20-6-2-7-21-43/h1-41,67,73H. The van der Waals surface area contributed by atoms with Gasteiger partial charge in [0, 0.05) is 80.5 Å². The van der Waals surface area contributed by atoms with E-state index >= 15 is 4.21 Å². The molecule has 1 aliphatic heterocycles. The number of fused-ring (bicyclic) bond motifs is 16. The van der Waals surface area contributed by atoms with Gasteiger partial charge in [0.25, 0.3) is 0 Å². The van der Waals surface area contributed by atoms with E-state index in [4.69, 9.17) is 0 Å². The number of hydrogen-bond donors (Lipinski definition) is 2. The van der Waals surface area contributed by atoms with E-state index in [-0.39, 0.29) is 0 Å². The number of thiol groups is 1. The van der Waals surface area contributed by atoms with Gasteiger partial charge in [0.1, 0.15) is 0 Å². The van der Waals surface area contributed by atoms with Crippen LogP contribution in [-0.2, 0) is 9.93 Å². The van der Waals surface area contributed by atoms with Gasteiger partial charge >= 0.3 is 0 Å². The lowest BCUT2D eigenvalue weighted by Gasteiger charge is -2.35. The molecule has 0 bridgehead atoms. The number of benzene rings is 11. The second-order valence-corrected chi connectivity index (χ2v) is 22.0. The average molecular weight is 954 g/mol. The number of anilines is 2. The van der Waals surface area contributed by atoms with Crippen LogP contribution in [0.1, 0.15) is 0 Å². The Morgan fingerprint density at radius 3 is 1.10 bits per heavy atom. The zero-order valence-corrected chi connectivity index (χ0v) is 40.2. The van der Waals surface area contributed by atoms with E-state index in [9.17, 15) is 0 Å². The van der Waals surface area contributed by atoms with Crippen molar-refractivity contribution in [2.75, 3.05) is 5.32 Å². The molecule has 15 aromatic rings. The summed E-state index contributed by atoms with van der Waals surface area (Å²) >= 11 is 0. The molecular formula is C66H43N5OS. The molecule has 6 nitrogen and oxygen atoms in total. The largest absolute Gasteiger partial charge is 0.354 e. The molecule has 11 aromatic carbocycles. The van der Waals surface area contributed by atoms with Crippen molar-refractivity contribution in [2.24, 2.45) is 0 Å². The molecule has 0 saturated heterocycles. The maximum absolute atomic E-state index is 16.6. The molecule has 16 rings (SSSR count). The van der Waals surface area contributed by atoms with Gasteiger partial charge in [-0.3, -0.25) is 4.21 Å². The van der Waals surface area contributed by atoms with E-state index in [0.29, 0.717) is 0 Å². The van der Waals surface area contributed by atoms with Crippen molar-refractivity contribution in [1.29, 1.82) is 0 Å². The highest BCUT2D eigenvalue weighted by Gasteiger charge is 2.34. The lowest BCUT2D eigenvalue weighted by atomic mass is 10.1. The Bertz CT molecular complexity index is 4560. The molecule has 4 aromatic heterocycles. The van der Waals surface area contributed by atoms with Crippen molar-refractivity contribution in [2.45, 2.75) is 14.7 Å². The number of aromatic nitrogens is 4. The van der Waals surface area contributed by atoms with Gasteiger partial charge in [-0.2, -0.15) is 0 Å². The van der Waals surface area contributed by atoms with Crippen LogP contribution in [0.2, 0.25) is 0 Å². The first-order chi connectivity index (χ1) is 36.1. The quantitative estimate of drug-likeness (QED) is 0.169. The van der Waals surface area contributed by atoms with Crippen LogP contribution >= 0.6 is 0 Å². The molecule has 0 spiro atoms. The second kappa shape index (κ2) is 15.0. The fourth-order valence-electron chi connectivity index (χ4n) is 12.5. The minimum Gasteiger partial charge on any atom is -0.354 e. The van der Waals surface area contributed by atoms with Crippen molar-refractivity contribution < 1.29 is 4.21 Å². The van der Waals surface area contributed by atoms with Crippen molar-refractivity contribution in [3.8, 4) is 22.7 Å². The molecule has 5 heterocycles. The smallest absolute Gasteiger partial charge is 0.0641 e. The summed E-state index contributed by atoms with van der Waals surface area (Å²) in [7, 11) is -3.42. The lowest BCUT2D eigenvalue weighted by Crippen LogP contribution is -2.22. The van der Waals surface area contributed by atoms with Gasteiger partial charge in [-0.15, -0.1) is 0 Å². The van der Waals surface area contributed by atoms with E-state index in [0.717, 1.165) is 92.9 Å². The molecule has 344 valence electrons. The third-order valence-electron chi connectivity index (χ3n) is 15.5. The molecule has 0 atom stereocenters. The Hall–Kier alpha value is -9.43. The Morgan fingerprint density at radius 2 is 0.658 bits per heavy atom. The maximum Gasteiger partial charge on any atom is 0.0641 e. The average Bonchev–Trinajstić information content (AvgIpc) is 4.19. The third kappa shape index (κ3) is 5.49. The van der Waals surface area contributed by atoms with Crippen LogP contribution in [0.5, 0.6) is 0 Å². The predicted octanol–water partition coefficient (Wildman–Crippen LogP) is 16.6. The van der Waals surface area contributed by atoms with Crippen molar-refractivity contribution in [3.05, 3.63) is 249 Å². The minimum absolute atomic E-state index is 0.793. The first-order valence-corrected chi connectivity index (χ1v) is 26.6.